The molecule has 0 atom stereocenters. The second kappa shape index (κ2) is 3.51. The Labute approximate surface area is 84.7 Å². The van der Waals surface area contributed by atoms with E-state index in [0.717, 1.165) is 0 Å². The third-order valence-electron chi connectivity index (χ3n) is 2.33. The Hall–Kier alpha value is -1.62. The first-order chi connectivity index (χ1) is 7.15. The molecule has 0 aliphatic rings. The van der Waals surface area contributed by atoms with Crippen LogP contribution in [0.3, 0.4) is 0 Å². The first-order valence-corrected chi connectivity index (χ1v) is 4.53. The Morgan fingerprint density at radius 2 is 2.13 bits per heavy atom. The number of nitrogens with zero attached hydrogens (tertiary/aromatic N) is 1. The standard InChI is InChI=1S/C10H10F2N2O/c11-10-7(3-4-13)8-5-6(15)1-2-9(8)14(10)12/h1-2,5,15H,3-4,13H2. The fraction of sp³-hybridized carbons (Fsp3) is 0.200. The summed E-state index contributed by atoms with van der Waals surface area (Å²) >= 11 is 0. The van der Waals surface area contributed by atoms with Crippen LogP contribution in [0.1, 0.15) is 5.56 Å². The molecule has 0 bridgehead atoms. The molecule has 0 spiro atoms. The molecule has 0 aliphatic carbocycles. The van der Waals surface area contributed by atoms with Crippen molar-refractivity contribution >= 4 is 10.9 Å². The summed E-state index contributed by atoms with van der Waals surface area (Å²) in [5.74, 6) is -0.965. The maximum absolute atomic E-state index is 13.4. The fourth-order valence-corrected chi connectivity index (χ4v) is 1.65. The number of rotatable bonds is 2. The van der Waals surface area contributed by atoms with E-state index in [1.54, 1.807) is 0 Å². The topological polar surface area (TPSA) is 51.2 Å². The first-order valence-electron chi connectivity index (χ1n) is 4.53. The summed E-state index contributed by atoms with van der Waals surface area (Å²) < 4.78 is 26.7. The van der Waals surface area contributed by atoms with Crippen LogP contribution < -0.4 is 5.73 Å². The summed E-state index contributed by atoms with van der Waals surface area (Å²) in [6, 6.07) is 3.97. The zero-order chi connectivity index (χ0) is 11.0. The second-order valence-electron chi connectivity index (χ2n) is 3.29. The number of nitrogens with two attached hydrogens (primary N) is 1. The third kappa shape index (κ3) is 1.45. The van der Waals surface area contributed by atoms with E-state index >= 15 is 0 Å². The van der Waals surface area contributed by atoms with Crippen molar-refractivity contribution in [1.82, 2.24) is 4.79 Å². The number of benzene rings is 1. The van der Waals surface area contributed by atoms with E-state index in [0.29, 0.717) is 5.39 Å². The van der Waals surface area contributed by atoms with Gasteiger partial charge in [-0.3, -0.25) is 0 Å². The average molecular weight is 212 g/mol. The predicted molar refractivity (Wildman–Crippen MR) is 52.8 cm³/mol. The van der Waals surface area contributed by atoms with E-state index in [1.165, 1.54) is 18.2 Å². The van der Waals surface area contributed by atoms with Gasteiger partial charge in [-0.05, 0) is 31.2 Å². The Bertz CT molecular complexity index is 508. The average Bonchev–Trinajstić information content (AvgIpc) is 2.44. The molecule has 15 heavy (non-hydrogen) atoms. The first kappa shape index (κ1) is 9.92. The van der Waals surface area contributed by atoms with Crippen LogP contribution in [0.4, 0.5) is 8.87 Å². The molecule has 2 aromatic rings. The summed E-state index contributed by atoms with van der Waals surface area (Å²) in [7, 11) is 0. The molecule has 0 saturated carbocycles. The summed E-state index contributed by atoms with van der Waals surface area (Å²) in [5.41, 5.74) is 5.61. The molecule has 5 heteroatoms. The summed E-state index contributed by atoms with van der Waals surface area (Å²) in [6.07, 6.45) is 0.239. The lowest BCUT2D eigenvalue weighted by atomic mass is 10.1. The van der Waals surface area contributed by atoms with Gasteiger partial charge < -0.3 is 10.8 Å². The summed E-state index contributed by atoms with van der Waals surface area (Å²) in [4.78, 5) is -0.0280. The maximum atomic E-state index is 13.4. The molecule has 0 fully saturated rings. The SMILES string of the molecule is NCCc1c(F)n(F)c2ccc(O)cc12. The van der Waals surface area contributed by atoms with Crippen molar-refractivity contribution in [3.8, 4) is 5.75 Å². The molecular weight excluding hydrogens is 202 g/mol. The van der Waals surface area contributed by atoms with Crippen molar-refractivity contribution in [2.75, 3.05) is 6.54 Å². The van der Waals surface area contributed by atoms with Gasteiger partial charge in [0.15, 0.2) is 0 Å². The van der Waals surface area contributed by atoms with Gasteiger partial charge in [0.1, 0.15) is 5.75 Å². The zero-order valence-electron chi connectivity index (χ0n) is 7.87. The van der Waals surface area contributed by atoms with Gasteiger partial charge in [0.05, 0.1) is 5.52 Å². The molecule has 80 valence electrons. The van der Waals surface area contributed by atoms with Gasteiger partial charge in [0.2, 0.25) is 5.95 Å². The van der Waals surface area contributed by atoms with Gasteiger partial charge in [0.25, 0.3) is 0 Å². The van der Waals surface area contributed by atoms with Crippen molar-refractivity contribution < 1.29 is 14.0 Å². The van der Waals surface area contributed by atoms with Gasteiger partial charge in [-0.2, -0.15) is 9.18 Å². The highest BCUT2D eigenvalue weighted by Crippen LogP contribution is 2.28. The maximum Gasteiger partial charge on any atom is 0.226 e. The van der Waals surface area contributed by atoms with E-state index < -0.39 is 5.95 Å². The number of hydrogen-bond donors (Lipinski definition) is 2. The minimum atomic E-state index is -0.943. The van der Waals surface area contributed by atoms with E-state index in [-0.39, 0.29) is 34.6 Å². The molecule has 3 nitrogen and oxygen atoms in total. The van der Waals surface area contributed by atoms with Crippen molar-refractivity contribution in [2.24, 2.45) is 5.73 Å². The lowest BCUT2D eigenvalue weighted by molar-refractivity contribution is 0.310. The Morgan fingerprint density at radius 3 is 2.80 bits per heavy atom. The van der Waals surface area contributed by atoms with E-state index in [1.807, 2.05) is 0 Å². The largest absolute Gasteiger partial charge is 0.508 e. The molecule has 0 unspecified atom stereocenters. The number of phenolic OH excluding ortho intramolecular Hbond substituents is 1. The molecule has 0 aliphatic heterocycles. The summed E-state index contributed by atoms with van der Waals surface area (Å²) in [5, 5.41) is 9.60. The third-order valence-corrected chi connectivity index (χ3v) is 2.33. The van der Waals surface area contributed by atoms with Crippen LogP contribution in [0.5, 0.6) is 5.75 Å². The van der Waals surface area contributed by atoms with Crippen LogP contribution in [0.25, 0.3) is 10.9 Å². The van der Waals surface area contributed by atoms with Crippen LogP contribution >= 0.6 is 0 Å². The number of phenols is 1. The Kier molecular flexibility index (Phi) is 2.32. The smallest absolute Gasteiger partial charge is 0.226 e. The minimum absolute atomic E-state index is 0.0219. The molecule has 1 heterocycles. The lowest BCUT2D eigenvalue weighted by Crippen LogP contribution is -2.04. The highest BCUT2D eigenvalue weighted by molar-refractivity contribution is 5.85. The predicted octanol–water partition coefficient (Wildman–Crippen LogP) is 1.72. The number of halogens is 2. The van der Waals surface area contributed by atoms with Gasteiger partial charge >= 0.3 is 0 Å². The number of aromatic nitrogens is 1. The molecule has 1 aromatic carbocycles. The van der Waals surface area contributed by atoms with E-state index in [4.69, 9.17) is 5.73 Å². The highest BCUT2D eigenvalue weighted by atomic mass is 19.2. The van der Waals surface area contributed by atoms with Crippen LogP contribution in [0.2, 0.25) is 0 Å². The van der Waals surface area contributed by atoms with Crippen LogP contribution in [0, 0.1) is 5.95 Å². The minimum Gasteiger partial charge on any atom is -0.508 e. The van der Waals surface area contributed by atoms with Crippen molar-refractivity contribution in [3.05, 3.63) is 29.7 Å². The van der Waals surface area contributed by atoms with E-state index in [2.05, 4.69) is 0 Å². The van der Waals surface area contributed by atoms with Crippen molar-refractivity contribution in [3.63, 3.8) is 0 Å². The molecule has 0 saturated heterocycles. The Balaban J connectivity index is 2.76. The molecular formula is C10H10F2N2O. The molecule has 2 rings (SSSR count). The number of fused-ring (bicyclic) bond motifs is 1. The fourth-order valence-electron chi connectivity index (χ4n) is 1.65. The van der Waals surface area contributed by atoms with Crippen molar-refractivity contribution in [1.29, 1.82) is 0 Å². The van der Waals surface area contributed by atoms with Gasteiger partial charge in [-0.1, -0.05) is 4.48 Å². The van der Waals surface area contributed by atoms with E-state index in [9.17, 15) is 14.0 Å². The monoisotopic (exact) mass is 212 g/mol. The van der Waals surface area contributed by atoms with Gasteiger partial charge in [-0.15, -0.1) is 0 Å². The molecule has 0 amide bonds. The summed E-state index contributed by atoms with van der Waals surface area (Å²) in [6.45, 7) is 0.228. The Morgan fingerprint density at radius 1 is 1.40 bits per heavy atom. The van der Waals surface area contributed by atoms with Gasteiger partial charge in [-0.25, -0.2) is 0 Å². The van der Waals surface area contributed by atoms with Crippen LogP contribution in [-0.2, 0) is 6.42 Å². The molecule has 3 N–H and O–H groups in total. The quantitative estimate of drug-likeness (QED) is 0.796. The highest BCUT2D eigenvalue weighted by Gasteiger charge is 2.16. The van der Waals surface area contributed by atoms with Crippen molar-refractivity contribution in [2.45, 2.75) is 6.42 Å². The normalized spacial score (nSPS) is 11.1. The molecule has 0 radical (unpaired) electrons. The van der Waals surface area contributed by atoms with Crippen LogP contribution in [0.15, 0.2) is 18.2 Å². The number of aromatic hydroxyl groups is 1. The number of hydrogen-bond acceptors (Lipinski definition) is 2. The van der Waals surface area contributed by atoms with Gasteiger partial charge in [0, 0.05) is 10.9 Å². The second-order valence-corrected chi connectivity index (χ2v) is 3.29. The zero-order valence-corrected chi connectivity index (χ0v) is 7.87. The lowest BCUT2D eigenvalue weighted by Gasteiger charge is -1.96. The van der Waals surface area contributed by atoms with Crippen LogP contribution in [-0.4, -0.2) is 16.4 Å². The molecule has 1 aromatic heterocycles.